The van der Waals surface area contributed by atoms with E-state index in [4.69, 9.17) is 4.74 Å². The van der Waals surface area contributed by atoms with E-state index in [9.17, 15) is 5.11 Å². The van der Waals surface area contributed by atoms with Gasteiger partial charge in [-0.1, -0.05) is 6.58 Å². The fourth-order valence-corrected chi connectivity index (χ4v) is 1.48. The number of rotatable bonds is 4. The molecule has 1 aromatic rings. The maximum absolute atomic E-state index is 9.45. The van der Waals surface area contributed by atoms with E-state index in [1.165, 1.54) is 0 Å². The fraction of sp³-hybridized carbons (Fsp3) is 0.200. The molecule has 0 spiro atoms. The lowest BCUT2D eigenvalue weighted by Gasteiger charge is -2.05. The molecule has 13 heavy (non-hydrogen) atoms. The Balaban J connectivity index is 2.83. The Morgan fingerprint density at radius 2 is 2.38 bits per heavy atom. The third-order valence-electron chi connectivity index (χ3n) is 1.64. The smallest absolute Gasteiger partial charge is 0.119 e. The van der Waals surface area contributed by atoms with Gasteiger partial charge in [0.05, 0.1) is 7.11 Å². The van der Waals surface area contributed by atoms with Crippen molar-refractivity contribution < 1.29 is 9.84 Å². The van der Waals surface area contributed by atoms with Gasteiger partial charge in [0.1, 0.15) is 11.5 Å². The van der Waals surface area contributed by atoms with Crippen LogP contribution in [-0.4, -0.2) is 12.2 Å². The second-order valence-corrected chi connectivity index (χ2v) is 3.43. The van der Waals surface area contributed by atoms with Crippen LogP contribution >= 0.6 is 11.8 Å². The van der Waals surface area contributed by atoms with Gasteiger partial charge in [0.15, 0.2) is 0 Å². The number of ether oxygens (including phenoxy) is 1. The highest BCUT2D eigenvalue weighted by Crippen LogP contribution is 2.26. The molecule has 0 aliphatic heterocycles. The topological polar surface area (TPSA) is 29.5 Å². The Morgan fingerprint density at radius 3 is 3.00 bits per heavy atom. The first-order chi connectivity index (χ1) is 6.27. The molecule has 0 unspecified atom stereocenters. The van der Waals surface area contributed by atoms with Gasteiger partial charge in [-0.05, 0) is 23.6 Å². The maximum atomic E-state index is 9.45. The number of phenolic OH excluding ortho intramolecular Hbond substituents is 1. The van der Waals surface area contributed by atoms with Crippen molar-refractivity contribution in [2.24, 2.45) is 0 Å². The Kier molecular flexibility index (Phi) is 3.71. The highest BCUT2D eigenvalue weighted by atomic mass is 32.2. The van der Waals surface area contributed by atoms with Crippen LogP contribution in [0.5, 0.6) is 11.5 Å². The summed E-state index contributed by atoms with van der Waals surface area (Å²) < 4.78 is 5.04. The fourth-order valence-electron chi connectivity index (χ4n) is 0.953. The summed E-state index contributed by atoms with van der Waals surface area (Å²) in [4.78, 5) is 0. The van der Waals surface area contributed by atoms with Crippen molar-refractivity contribution in [3.05, 3.63) is 35.7 Å². The number of methoxy groups -OCH3 is 1. The van der Waals surface area contributed by atoms with E-state index in [0.29, 0.717) is 11.5 Å². The van der Waals surface area contributed by atoms with Crippen LogP contribution in [0.15, 0.2) is 30.2 Å². The largest absolute Gasteiger partial charge is 0.508 e. The van der Waals surface area contributed by atoms with Crippen LogP contribution in [-0.2, 0) is 5.75 Å². The van der Waals surface area contributed by atoms with Crippen LogP contribution in [0.4, 0.5) is 0 Å². The van der Waals surface area contributed by atoms with Crippen molar-refractivity contribution >= 4 is 11.8 Å². The summed E-state index contributed by atoms with van der Waals surface area (Å²) in [5.74, 6) is 1.78. The van der Waals surface area contributed by atoms with Gasteiger partial charge in [0, 0.05) is 11.3 Å². The molecule has 0 saturated heterocycles. The Hall–Kier alpha value is -1.09. The molecule has 0 bridgehead atoms. The predicted molar refractivity (Wildman–Crippen MR) is 56.2 cm³/mol. The van der Waals surface area contributed by atoms with Crippen LogP contribution in [0.25, 0.3) is 0 Å². The van der Waals surface area contributed by atoms with Gasteiger partial charge in [-0.15, -0.1) is 11.8 Å². The highest BCUT2D eigenvalue weighted by Gasteiger charge is 2.01. The van der Waals surface area contributed by atoms with Crippen LogP contribution in [0, 0.1) is 0 Å². The lowest BCUT2D eigenvalue weighted by Crippen LogP contribution is -1.86. The van der Waals surface area contributed by atoms with Crippen molar-refractivity contribution in [2.45, 2.75) is 5.75 Å². The van der Waals surface area contributed by atoms with E-state index in [2.05, 4.69) is 6.58 Å². The molecule has 1 aromatic carbocycles. The zero-order valence-electron chi connectivity index (χ0n) is 7.49. The molecule has 0 radical (unpaired) electrons. The molecule has 1 rings (SSSR count). The van der Waals surface area contributed by atoms with Crippen molar-refractivity contribution in [3.8, 4) is 11.5 Å². The van der Waals surface area contributed by atoms with Gasteiger partial charge >= 0.3 is 0 Å². The minimum Gasteiger partial charge on any atom is -0.508 e. The summed E-state index contributed by atoms with van der Waals surface area (Å²) in [7, 11) is 1.61. The molecule has 2 nitrogen and oxygen atoms in total. The van der Waals surface area contributed by atoms with Gasteiger partial charge in [-0.25, -0.2) is 0 Å². The number of thioether (sulfide) groups is 1. The third kappa shape index (κ3) is 2.70. The van der Waals surface area contributed by atoms with Crippen LogP contribution in [0.1, 0.15) is 5.56 Å². The summed E-state index contributed by atoms with van der Waals surface area (Å²) in [6.07, 6.45) is 0. The average molecular weight is 196 g/mol. The molecule has 70 valence electrons. The number of phenols is 1. The molecule has 1 N–H and O–H groups in total. The molecule has 0 aliphatic carbocycles. The summed E-state index contributed by atoms with van der Waals surface area (Å²) in [6.45, 7) is 3.60. The minimum atomic E-state index is 0.301. The number of benzene rings is 1. The minimum absolute atomic E-state index is 0.301. The summed E-state index contributed by atoms with van der Waals surface area (Å²) >= 11 is 1.54. The summed E-state index contributed by atoms with van der Waals surface area (Å²) in [5.41, 5.74) is 0.865. The number of aromatic hydroxyl groups is 1. The molecule has 0 fully saturated rings. The Labute approximate surface area is 82.2 Å². The molecule has 0 aromatic heterocycles. The van der Waals surface area contributed by atoms with Gasteiger partial charge in [0.25, 0.3) is 0 Å². The maximum Gasteiger partial charge on any atom is 0.119 e. The molecule has 0 saturated carbocycles. The molecule has 3 heteroatoms. The average Bonchev–Trinajstić information content (AvgIpc) is 2.17. The molecular formula is C10H12O2S. The van der Waals surface area contributed by atoms with Gasteiger partial charge in [-0.2, -0.15) is 0 Å². The van der Waals surface area contributed by atoms with Crippen LogP contribution < -0.4 is 4.74 Å². The van der Waals surface area contributed by atoms with E-state index in [1.807, 2.05) is 6.07 Å². The Bertz CT molecular complexity index is 297. The predicted octanol–water partition coefficient (Wildman–Crippen LogP) is 2.78. The van der Waals surface area contributed by atoms with E-state index in [1.54, 1.807) is 36.4 Å². The van der Waals surface area contributed by atoms with Crippen molar-refractivity contribution in [1.82, 2.24) is 0 Å². The highest BCUT2D eigenvalue weighted by molar-refractivity contribution is 8.01. The third-order valence-corrected chi connectivity index (χ3v) is 2.36. The molecule has 0 amide bonds. The lowest BCUT2D eigenvalue weighted by molar-refractivity contribution is 0.411. The second kappa shape index (κ2) is 4.82. The summed E-state index contributed by atoms with van der Waals surface area (Å²) in [5, 5.41) is 11.2. The lowest BCUT2D eigenvalue weighted by atomic mass is 10.2. The van der Waals surface area contributed by atoms with Gasteiger partial charge in [0.2, 0.25) is 0 Å². The zero-order valence-corrected chi connectivity index (χ0v) is 8.30. The molecule has 0 atom stereocenters. The normalized spacial score (nSPS) is 9.62. The first-order valence-electron chi connectivity index (χ1n) is 3.86. The van der Waals surface area contributed by atoms with E-state index >= 15 is 0 Å². The molecule has 0 aliphatic rings. The van der Waals surface area contributed by atoms with Gasteiger partial charge < -0.3 is 9.84 Å². The van der Waals surface area contributed by atoms with Gasteiger partial charge in [-0.3, -0.25) is 0 Å². The SMILES string of the molecule is C=CSCc1cc(OC)ccc1O. The first-order valence-corrected chi connectivity index (χ1v) is 4.91. The van der Waals surface area contributed by atoms with E-state index in [-0.39, 0.29) is 0 Å². The Morgan fingerprint density at radius 1 is 1.62 bits per heavy atom. The quantitative estimate of drug-likeness (QED) is 0.803. The van der Waals surface area contributed by atoms with E-state index < -0.39 is 0 Å². The summed E-state index contributed by atoms with van der Waals surface area (Å²) in [6, 6.07) is 5.20. The molecule has 0 heterocycles. The van der Waals surface area contributed by atoms with E-state index in [0.717, 1.165) is 11.3 Å². The first kappa shape index (κ1) is 9.99. The standard InChI is InChI=1S/C10H12O2S/c1-3-13-7-8-6-9(12-2)4-5-10(8)11/h3-6,11H,1,7H2,2H3. The monoisotopic (exact) mass is 196 g/mol. The van der Waals surface area contributed by atoms with Crippen molar-refractivity contribution in [2.75, 3.05) is 7.11 Å². The molecular weight excluding hydrogens is 184 g/mol. The zero-order chi connectivity index (χ0) is 9.68. The number of hydrogen-bond acceptors (Lipinski definition) is 3. The number of hydrogen-bond donors (Lipinski definition) is 1. The second-order valence-electron chi connectivity index (χ2n) is 2.47. The van der Waals surface area contributed by atoms with Crippen molar-refractivity contribution in [1.29, 1.82) is 0 Å². The van der Waals surface area contributed by atoms with Crippen LogP contribution in [0.3, 0.4) is 0 Å². The van der Waals surface area contributed by atoms with Crippen LogP contribution in [0.2, 0.25) is 0 Å². The van der Waals surface area contributed by atoms with Crippen molar-refractivity contribution in [3.63, 3.8) is 0 Å².